The molecule has 0 unspecified atom stereocenters. The van der Waals surface area contributed by atoms with Gasteiger partial charge in [0.2, 0.25) is 0 Å². The number of amidine groups is 1. The van der Waals surface area contributed by atoms with Gasteiger partial charge in [-0.3, -0.25) is 4.79 Å². The Bertz CT molecular complexity index is 1010. The Morgan fingerprint density at radius 2 is 1.89 bits per heavy atom. The average molecular weight is 385 g/mol. The van der Waals surface area contributed by atoms with Gasteiger partial charge in [0.05, 0.1) is 4.90 Å². The van der Waals surface area contributed by atoms with E-state index in [4.69, 9.17) is 0 Å². The number of aryl methyl sites for hydroxylation is 2. The summed E-state index contributed by atoms with van der Waals surface area (Å²) >= 11 is 0. The molecule has 7 heteroatoms. The van der Waals surface area contributed by atoms with E-state index in [9.17, 15) is 13.2 Å². The standard InChI is InChI=1S/C20H23N3O3S/c1-14-9-10-16(12-15(14)2)20(24)21-17-6-4-7-18(13-17)27(25,26)22-19-8-5-11-23(19)3/h4,6-7,9-10,12-13H,5,8,11H2,1-3H3,(H,21,24)/b22-19+. The summed E-state index contributed by atoms with van der Waals surface area (Å²) in [6.45, 7) is 4.73. The largest absolute Gasteiger partial charge is 0.362 e. The highest BCUT2D eigenvalue weighted by molar-refractivity contribution is 7.90. The lowest BCUT2D eigenvalue weighted by Gasteiger charge is -2.11. The first-order valence-electron chi connectivity index (χ1n) is 8.80. The molecule has 0 bridgehead atoms. The molecule has 1 saturated heterocycles. The van der Waals surface area contributed by atoms with Crippen LogP contribution < -0.4 is 5.32 Å². The molecule has 1 amide bonds. The fourth-order valence-electron chi connectivity index (χ4n) is 2.92. The molecule has 6 nitrogen and oxygen atoms in total. The highest BCUT2D eigenvalue weighted by Gasteiger charge is 2.20. The zero-order chi connectivity index (χ0) is 19.6. The lowest BCUT2D eigenvalue weighted by atomic mass is 10.1. The highest BCUT2D eigenvalue weighted by atomic mass is 32.2. The number of hydrogen-bond donors (Lipinski definition) is 1. The predicted octanol–water partition coefficient (Wildman–Crippen LogP) is 3.37. The minimum atomic E-state index is -3.82. The Morgan fingerprint density at radius 1 is 1.11 bits per heavy atom. The smallest absolute Gasteiger partial charge is 0.284 e. The first-order valence-corrected chi connectivity index (χ1v) is 10.2. The molecule has 0 spiro atoms. The number of benzene rings is 2. The van der Waals surface area contributed by atoms with Crippen molar-refractivity contribution in [1.82, 2.24) is 4.90 Å². The fraction of sp³-hybridized carbons (Fsp3) is 0.300. The number of nitrogens with one attached hydrogen (secondary N) is 1. The van der Waals surface area contributed by atoms with Gasteiger partial charge in [0.15, 0.2) is 0 Å². The molecular weight excluding hydrogens is 362 g/mol. The van der Waals surface area contributed by atoms with Crippen molar-refractivity contribution in [2.45, 2.75) is 31.6 Å². The second kappa shape index (κ2) is 7.52. The van der Waals surface area contributed by atoms with Crippen LogP contribution in [0.1, 0.15) is 34.3 Å². The molecule has 27 heavy (non-hydrogen) atoms. The van der Waals surface area contributed by atoms with Crippen molar-refractivity contribution < 1.29 is 13.2 Å². The van der Waals surface area contributed by atoms with Gasteiger partial charge in [-0.25, -0.2) is 0 Å². The molecule has 0 aliphatic carbocycles. The van der Waals surface area contributed by atoms with Crippen molar-refractivity contribution in [3.05, 3.63) is 59.2 Å². The third-order valence-corrected chi connectivity index (χ3v) is 6.02. The van der Waals surface area contributed by atoms with Gasteiger partial charge >= 0.3 is 0 Å². The van der Waals surface area contributed by atoms with Crippen LogP contribution in [-0.4, -0.2) is 38.7 Å². The Kier molecular flexibility index (Phi) is 5.32. The molecular formula is C20H23N3O3S. The zero-order valence-corrected chi connectivity index (χ0v) is 16.5. The fourth-order valence-corrected chi connectivity index (χ4v) is 4.06. The molecule has 2 aromatic carbocycles. The second-order valence-corrected chi connectivity index (χ2v) is 8.39. The van der Waals surface area contributed by atoms with Crippen LogP contribution in [0.2, 0.25) is 0 Å². The van der Waals surface area contributed by atoms with Gasteiger partial charge in [0.25, 0.3) is 15.9 Å². The molecule has 0 aromatic heterocycles. The third-order valence-electron chi connectivity index (χ3n) is 4.72. The van der Waals surface area contributed by atoms with Crippen LogP contribution >= 0.6 is 0 Å². The molecule has 0 saturated carbocycles. The van der Waals surface area contributed by atoms with E-state index in [-0.39, 0.29) is 10.8 Å². The number of nitrogens with zero attached hydrogens (tertiary/aromatic N) is 2. The molecule has 0 atom stereocenters. The highest BCUT2D eigenvalue weighted by Crippen LogP contribution is 2.21. The van der Waals surface area contributed by atoms with Gasteiger partial charge in [-0.05, 0) is 61.7 Å². The van der Waals surface area contributed by atoms with Crippen molar-refractivity contribution in [1.29, 1.82) is 0 Å². The molecule has 2 aromatic rings. The number of anilines is 1. The molecule has 142 valence electrons. The van der Waals surface area contributed by atoms with Crippen molar-refractivity contribution in [2.24, 2.45) is 4.40 Å². The Balaban J connectivity index is 1.83. The number of likely N-dealkylation sites (tertiary alicyclic amines) is 1. The average Bonchev–Trinajstić information content (AvgIpc) is 3.01. The summed E-state index contributed by atoms with van der Waals surface area (Å²) in [6.07, 6.45) is 1.55. The molecule has 1 heterocycles. The maximum atomic E-state index is 12.6. The van der Waals surface area contributed by atoms with E-state index in [1.807, 2.05) is 37.9 Å². The maximum Gasteiger partial charge on any atom is 0.284 e. The summed E-state index contributed by atoms with van der Waals surface area (Å²) in [6, 6.07) is 11.6. The maximum absolute atomic E-state index is 12.6. The summed E-state index contributed by atoms with van der Waals surface area (Å²) in [5, 5.41) is 2.76. The van der Waals surface area contributed by atoms with Crippen LogP contribution in [0.4, 0.5) is 5.69 Å². The van der Waals surface area contributed by atoms with E-state index in [1.165, 1.54) is 12.1 Å². The Morgan fingerprint density at radius 3 is 2.56 bits per heavy atom. The minimum absolute atomic E-state index is 0.0631. The number of carbonyl (C=O) groups is 1. The van der Waals surface area contributed by atoms with Gasteiger partial charge in [-0.2, -0.15) is 8.42 Å². The number of hydrogen-bond acceptors (Lipinski definition) is 3. The van der Waals surface area contributed by atoms with Gasteiger partial charge in [0.1, 0.15) is 5.84 Å². The van der Waals surface area contributed by atoms with Crippen molar-refractivity contribution in [3.63, 3.8) is 0 Å². The van der Waals surface area contributed by atoms with Gasteiger partial charge in [-0.15, -0.1) is 4.40 Å². The summed E-state index contributed by atoms with van der Waals surface area (Å²) in [7, 11) is -1.98. The first-order chi connectivity index (χ1) is 12.8. The van der Waals surface area contributed by atoms with E-state index >= 15 is 0 Å². The van der Waals surface area contributed by atoms with Gasteiger partial charge in [0, 0.05) is 31.3 Å². The quantitative estimate of drug-likeness (QED) is 0.875. The summed E-state index contributed by atoms with van der Waals surface area (Å²) in [5.41, 5.74) is 3.07. The van der Waals surface area contributed by atoms with Gasteiger partial charge < -0.3 is 10.2 Å². The minimum Gasteiger partial charge on any atom is -0.362 e. The summed E-state index contributed by atoms with van der Waals surface area (Å²) in [4.78, 5) is 14.4. The summed E-state index contributed by atoms with van der Waals surface area (Å²) in [5.74, 6) is 0.286. The van der Waals surface area contributed by atoms with E-state index in [1.54, 1.807) is 18.2 Å². The van der Waals surface area contributed by atoms with Crippen LogP contribution in [0.3, 0.4) is 0 Å². The van der Waals surface area contributed by atoms with E-state index in [0.29, 0.717) is 23.5 Å². The van der Waals surface area contributed by atoms with Crippen molar-refractivity contribution >= 4 is 27.5 Å². The van der Waals surface area contributed by atoms with Crippen LogP contribution in [-0.2, 0) is 10.0 Å². The SMILES string of the molecule is Cc1ccc(C(=O)Nc2cccc(S(=O)(=O)/N=C3\CCCN3C)c2)cc1C. The van der Waals surface area contributed by atoms with Gasteiger partial charge in [-0.1, -0.05) is 12.1 Å². The molecule has 1 fully saturated rings. The number of carbonyl (C=O) groups excluding carboxylic acids is 1. The second-order valence-electron chi connectivity index (χ2n) is 6.79. The lowest BCUT2D eigenvalue weighted by Crippen LogP contribution is -2.20. The molecule has 1 aliphatic heterocycles. The zero-order valence-electron chi connectivity index (χ0n) is 15.7. The Labute approximate surface area is 160 Å². The van der Waals surface area contributed by atoms with Crippen LogP contribution in [0.25, 0.3) is 0 Å². The molecule has 0 radical (unpaired) electrons. The van der Waals surface area contributed by atoms with Crippen molar-refractivity contribution in [2.75, 3.05) is 18.9 Å². The number of rotatable bonds is 4. The summed E-state index contributed by atoms with van der Waals surface area (Å²) < 4.78 is 29.2. The molecule has 3 rings (SSSR count). The third kappa shape index (κ3) is 4.36. The van der Waals surface area contributed by atoms with Crippen LogP contribution in [0.15, 0.2) is 51.8 Å². The Hall–Kier alpha value is -2.67. The normalized spacial score (nSPS) is 16.0. The first kappa shape index (κ1) is 19.1. The number of sulfonamides is 1. The number of amides is 1. The monoisotopic (exact) mass is 385 g/mol. The molecule has 1 aliphatic rings. The van der Waals surface area contributed by atoms with E-state index in [2.05, 4.69) is 9.71 Å². The van der Waals surface area contributed by atoms with E-state index in [0.717, 1.165) is 24.1 Å². The lowest BCUT2D eigenvalue weighted by molar-refractivity contribution is 0.102. The topological polar surface area (TPSA) is 78.8 Å². The van der Waals surface area contributed by atoms with Crippen molar-refractivity contribution in [3.8, 4) is 0 Å². The predicted molar refractivity (Wildman–Crippen MR) is 107 cm³/mol. The van der Waals surface area contributed by atoms with E-state index < -0.39 is 10.0 Å². The van der Waals surface area contributed by atoms with Crippen LogP contribution in [0.5, 0.6) is 0 Å². The van der Waals surface area contributed by atoms with Crippen LogP contribution in [0, 0.1) is 13.8 Å². The molecule has 1 N–H and O–H groups in total.